The van der Waals surface area contributed by atoms with Crippen molar-refractivity contribution in [3.05, 3.63) is 129 Å². The Kier molecular flexibility index (Phi) is 6.39. The Bertz CT molecular complexity index is 2170. The molecular weight excluding hydrogens is 554 g/mol. The highest BCUT2D eigenvalue weighted by Gasteiger charge is 2.42. The topological polar surface area (TPSA) is 143 Å². The SMILES string of the molecule is N#CC(C#N)=C1C2=C(C(=C(C#N)C#N)c3cccc(-c4ccc(F)cc4C#N)c32)c2c1cccc2-c1ccc(F)cc1C#N. The van der Waals surface area contributed by atoms with Gasteiger partial charge in [0, 0.05) is 33.4 Å². The van der Waals surface area contributed by atoms with Crippen LogP contribution >= 0.6 is 0 Å². The smallest absolute Gasteiger partial charge is 0.138 e. The Labute approximate surface area is 250 Å². The molecule has 0 radical (unpaired) electrons. The van der Waals surface area contributed by atoms with Gasteiger partial charge in [-0.25, -0.2) is 8.78 Å². The highest BCUT2D eigenvalue weighted by Crippen LogP contribution is 2.62. The summed E-state index contributed by atoms with van der Waals surface area (Å²) in [6, 6.07) is 29.5. The van der Waals surface area contributed by atoms with E-state index in [4.69, 9.17) is 0 Å². The second kappa shape index (κ2) is 10.4. The zero-order valence-electron chi connectivity index (χ0n) is 22.4. The van der Waals surface area contributed by atoms with Crippen LogP contribution in [0.1, 0.15) is 33.4 Å². The number of nitrogens with zero attached hydrogens (tertiary/aromatic N) is 6. The molecule has 0 unspecified atom stereocenters. The molecule has 0 saturated heterocycles. The Hall–Kier alpha value is -7.10. The minimum Gasteiger partial charge on any atom is -0.207 e. The first-order valence-corrected chi connectivity index (χ1v) is 12.9. The molecule has 2 aliphatic rings. The summed E-state index contributed by atoms with van der Waals surface area (Å²) in [6.45, 7) is 0. The van der Waals surface area contributed by atoms with Crippen LogP contribution in [0.5, 0.6) is 0 Å². The van der Waals surface area contributed by atoms with E-state index >= 15 is 0 Å². The summed E-state index contributed by atoms with van der Waals surface area (Å²) in [7, 11) is 0. The molecule has 6 rings (SSSR count). The maximum absolute atomic E-state index is 14.2. The highest BCUT2D eigenvalue weighted by molar-refractivity contribution is 6.39. The second-order valence-corrected chi connectivity index (χ2v) is 9.76. The lowest BCUT2D eigenvalue weighted by Crippen LogP contribution is -2.00. The molecule has 2 aliphatic carbocycles. The number of allylic oxidation sites excluding steroid dienone is 6. The quantitative estimate of drug-likeness (QED) is 0.229. The number of benzene rings is 4. The Balaban J connectivity index is 1.85. The van der Waals surface area contributed by atoms with E-state index < -0.39 is 11.6 Å². The number of rotatable bonds is 2. The van der Waals surface area contributed by atoms with Gasteiger partial charge in [0.2, 0.25) is 0 Å². The summed E-state index contributed by atoms with van der Waals surface area (Å²) in [5.41, 5.74) is 4.22. The van der Waals surface area contributed by atoms with Crippen molar-refractivity contribution in [3.8, 4) is 58.7 Å². The van der Waals surface area contributed by atoms with Crippen LogP contribution in [0.15, 0.2) is 83.9 Å². The fourth-order valence-electron chi connectivity index (χ4n) is 6.01. The van der Waals surface area contributed by atoms with Crippen LogP contribution in [-0.2, 0) is 0 Å². The van der Waals surface area contributed by atoms with Crippen molar-refractivity contribution >= 4 is 22.3 Å². The molecule has 4 aromatic carbocycles. The average molecular weight is 567 g/mol. The zero-order valence-corrected chi connectivity index (χ0v) is 22.4. The van der Waals surface area contributed by atoms with Crippen molar-refractivity contribution in [2.45, 2.75) is 0 Å². The van der Waals surface area contributed by atoms with Gasteiger partial charge in [-0.15, -0.1) is 0 Å². The molecule has 6 nitrogen and oxygen atoms in total. The Morgan fingerprint density at radius 1 is 0.455 bits per heavy atom. The number of fused-ring (bicyclic) bond motifs is 4. The van der Waals surface area contributed by atoms with Gasteiger partial charge in [-0.1, -0.05) is 48.5 Å². The third-order valence-corrected chi connectivity index (χ3v) is 7.65. The molecule has 0 aliphatic heterocycles. The van der Waals surface area contributed by atoms with Gasteiger partial charge in [-0.2, -0.15) is 31.6 Å². The zero-order chi connectivity index (χ0) is 31.1. The largest absolute Gasteiger partial charge is 0.207 e. The second-order valence-electron chi connectivity index (χ2n) is 9.76. The molecule has 8 heteroatoms. The molecule has 0 aromatic heterocycles. The lowest BCUT2D eigenvalue weighted by atomic mass is 9.83. The molecular formula is C36H12F2N6. The molecule has 0 bridgehead atoms. The fraction of sp³-hybridized carbons (Fsp3) is 0. The van der Waals surface area contributed by atoms with Crippen molar-refractivity contribution < 1.29 is 8.78 Å². The fourth-order valence-corrected chi connectivity index (χ4v) is 6.01. The summed E-state index contributed by atoms with van der Waals surface area (Å²) in [5, 5.41) is 60.2. The van der Waals surface area contributed by atoms with E-state index in [1.807, 2.05) is 36.4 Å². The summed E-state index contributed by atoms with van der Waals surface area (Å²) in [4.78, 5) is 0. The molecule has 0 saturated carbocycles. The van der Waals surface area contributed by atoms with Crippen molar-refractivity contribution in [2.75, 3.05) is 0 Å². The monoisotopic (exact) mass is 566 g/mol. The van der Waals surface area contributed by atoms with Crippen molar-refractivity contribution in [2.24, 2.45) is 0 Å². The van der Waals surface area contributed by atoms with Crippen LogP contribution < -0.4 is 0 Å². The standard InChI is InChI=1S/C36H12F2N6/c37-23-7-9-25(19(11-23)13-39)27-3-1-5-29-31(21(15-41)16-42)35-34-28(26-10-8-24(38)12-20(26)14-40)4-2-6-30(34)32(22(17-43)18-44)36(35)33(27)29/h1-12H. The Morgan fingerprint density at radius 3 is 1.16 bits per heavy atom. The Morgan fingerprint density at radius 2 is 0.818 bits per heavy atom. The minimum atomic E-state index is -0.614. The van der Waals surface area contributed by atoms with Crippen LogP contribution in [0.4, 0.5) is 8.78 Å². The van der Waals surface area contributed by atoms with E-state index in [1.165, 1.54) is 24.3 Å². The maximum atomic E-state index is 14.2. The van der Waals surface area contributed by atoms with Crippen molar-refractivity contribution in [1.82, 2.24) is 0 Å². The molecule has 0 atom stereocenters. The van der Waals surface area contributed by atoms with E-state index in [9.17, 15) is 40.4 Å². The van der Waals surface area contributed by atoms with Gasteiger partial charge < -0.3 is 0 Å². The van der Waals surface area contributed by atoms with Crippen molar-refractivity contribution in [3.63, 3.8) is 0 Å². The molecule has 0 heterocycles. The number of hydrogen-bond acceptors (Lipinski definition) is 6. The highest BCUT2D eigenvalue weighted by atomic mass is 19.1. The van der Waals surface area contributed by atoms with Crippen LogP contribution in [0.25, 0.3) is 44.5 Å². The van der Waals surface area contributed by atoms with E-state index in [2.05, 4.69) is 0 Å². The van der Waals surface area contributed by atoms with Gasteiger partial charge in [0.25, 0.3) is 0 Å². The van der Waals surface area contributed by atoms with Gasteiger partial charge in [0.1, 0.15) is 47.1 Å². The van der Waals surface area contributed by atoms with Crippen LogP contribution in [0, 0.1) is 79.6 Å². The van der Waals surface area contributed by atoms with Crippen LogP contribution in [0.2, 0.25) is 0 Å². The van der Waals surface area contributed by atoms with E-state index in [-0.39, 0.29) is 33.4 Å². The lowest BCUT2D eigenvalue weighted by molar-refractivity contribution is 0.627. The number of nitriles is 6. The third-order valence-electron chi connectivity index (χ3n) is 7.65. The average Bonchev–Trinajstić information content (AvgIpc) is 3.55. The van der Waals surface area contributed by atoms with Gasteiger partial charge in [-0.05, 0) is 57.6 Å². The summed E-state index contributed by atoms with van der Waals surface area (Å²) in [5.74, 6) is -1.23. The minimum absolute atomic E-state index is 0.0336. The molecule has 0 fully saturated rings. The molecule has 200 valence electrons. The molecule has 0 spiro atoms. The lowest BCUT2D eigenvalue weighted by Gasteiger charge is -2.18. The molecule has 0 N–H and O–H groups in total. The van der Waals surface area contributed by atoms with E-state index in [0.29, 0.717) is 55.7 Å². The van der Waals surface area contributed by atoms with E-state index in [1.54, 1.807) is 36.4 Å². The number of hydrogen-bond donors (Lipinski definition) is 0. The third kappa shape index (κ3) is 3.79. The van der Waals surface area contributed by atoms with E-state index in [0.717, 1.165) is 12.1 Å². The first-order valence-electron chi connectivity index (χ1n) is 12.9. The van der Waals surface area contributed by atoms with Crippen molar-refractivity contribution in [1.29, 1.82) is 31.6 Å². The van der Waals surface area contributed by atoms with Crippen LogP contribution in [-0.4, -0.2) is 0 Å². The van der Waals surface area contributed by atoms with Gasteiger partial charge >= 0.3 is 0 Å². The summed E-state index contributed by atoms with van der Waals surface area (Å²) < 4.78 is 28.3. The maximum Gasteiger partial charge on any atom is 0.138 e. The van der Waals surface area contributed by atoms with Gasteiger partial charge in [0.15, 0.2) is 0 Å². The normalized spacial score (nSPS) is 12.0. The molecule has 44 heavy (non-hydrogen) atoms. The first kappa shape index (κ1) is 27.1. The first-order chi connectivity index (χ1) is 21.4. The predicted molar refractivity (Wildman–Crippen MR) is 156 cm³/mol. The molecule has 0 amide bonds. The van der Waals surface area contributed by atoms with Gasteiger partial charge in [-0.3, -0.25) is 0 Å². The predicted octanol–water partition coefficient (Wildman–Crippen LogP) is 7.58. The summed E-state index contributed by atoms with van der Waals surface area (Å²) >= 11 is 0. The number of halogens is 2. The van der Waals surface area contributed by atoms with Crippen LogP contribution in [0.3, 0.4) is 0 Å². The molecule has 4 aromatic rings. The van der Waals surface area contributed by atoms with Gasteiger partial charge in [0.05, 0.1) is 23.3 Å². The summed E-state index contributed by atoms with van der Waals surface area (Å²) in [6.07, 6.45) is 0.